The van der Waals surface area contributed by atoms with Crippen LogP contribution in [0.2, 0.25) is 10.0 Å². The Kier molecular flexibility index (Phi) is 7.35. The summed E-state index contributed by atoms with van der Waals surface area (Å²) in [4.78, 5) is 18.8. The quantitative estimate of drug-likeness (QED) is 0.682. The van der Waals surface area contributed by atoms with Crippen LogP contribution in [0.15, 0.2) is 28.9 Å². The Morgan fingerprint density at radius 3 is 2.86 bits per heavy atom. The Balaban J connectivity index is 1.59. The first-order valence-electron chi connectivity index (χ1n) is 9.44. The van der Waals surface area contributed by atoms with Crippen LogP contribution in [0.5, 0.6) is 0 Å². The molecule has 6 nitrogen and oxygen atoms in total. The molecule has 1 saturated heterocycles. The van der Waals surface area contributed by atoms with Gasteiger partial charge in [-0.15, -0.1) is 0 Å². The van der Waals surface area contributed by atoms with E-state index in [-0.39, 0.29) is 23.7 Å². The molecule has 0 spiro atoms. The zero-order valence-electron chi connectivity index (χ0n) is 16.1. The van der Waals surface area contributed by atoms with E-state index >= 15 is 0 Å². The van der Waals surface area contributed by atoms with Gasteiger partial charge in [-0.2, -0.15) is 0 Å². The molecule has 0 saturated carbocycles. The highest BCUT2D eigenvalue weighted by Crippen LogP contribution is 2.23. The smallest absolute Gasteiger partial charge is 0.273 e. The molecule has 28 heavy (non-hydrogen) atoms. The Bertz CT molecular complexity index is 804. The summed E-state index contributed by atoms with van der Waals surface area (Å²) in [5.41, 5.74) is 1.25. The largest absolute Gasteiger partial charge is 0.447 e. The SMILES string of the molecule is CC(C)N(Cc1nc(C(=O)NCC2CCCO2)co1)Cc1ccc(Cl)cc1Cl. The van der Waals surface area contributed by atoms with Gasteiger partial charge in [-0.1, -0.05) is 29.3 Å². The van der Waals surface area contributed by atoms with Crippen LogP contribution >= 0.6 is 23.2 Å². The number of nitrogens with one attached hydrogen (secondary N) is 1. The van der Waals surface area contributed by atoms with Crippen molar-refractivity contribution in [2.45, 2.75) is 51.9 Å². The molecule has 2 heterocycles. The number of hydrogen-bond acceptors (Lipinski definition) is 5. The predicted octanol–water partition coefficient (Wildman–Crippen LogP) is 4.30. The number of ether oxygens (including phenoxy) is 1. The number of halogens is 2. The van der Waals surface area contributed by atoms with E-state index in [4.69, 9.17) is 32.4 Å². The molecule has 152 valence electrons. The van der Waals surface area contributed by atoms with E-state index in [1.165, 1.54) is 6.26 Å². The predicted molar refractivity (Wildman–Crippen MR) is 109 cm³/mol. The average Bonchev–Trinajstić information content (AvgIpc) is 3.33. The Morgan fingerprint density at radius 1 is 1.36 bits per heavy atom. The first kappa shape index (κ1) is 21.1. The molecule has 8 heteroatoms. The molecule has 2 aromatic rings. The Hall–Kier alpha value is -1.60. The highest BCUT2D eigenvalue weighted by atomic mass is 35.5. The lowest BCUT2D eigenvalue weighted by Crippen LogP contribution is -2.32. The molecule has 1 aliphatic rings. The van der Waals surface area contributed by atoms with Gasteiger partial charge in [0.15, 0.2) is 5.69 Å². The zero-order chi connectivity index (χ0) is 20.1. The molecule has 0 radical (unpaired) electrons. The second-order valence-corrected chi connectivity index (χ2v) is 8.05. The van der Waals surface area contributed by atoms with Crippen LogP contribution in [0.25, 0.3) is 0 Å². The molecular weight excluding hydrogens is 401 g/mol. The van der Waals surface area contributed by atoms with Crippen molar-refractivity contribution in [1.82, 2.24) is 15.2 Å². The standard InChI is InChI=1S/C20H25Cl2N3O3/c1-13(2)25(10-14-5-6-15(21)8-17(14)22)11-19-24-18(12-28-19)20(26)23-9-16-4-3-7-27-16/h5-6,8,12-13,16H,3-4,7,9-11H2,1-2H3,(H,23,26). The van der Waals surface area contributed by atoms with Crippen molar-refractivity contribution in [3.8, 4) is 0 Å². The fourth-order valence-corrected chi connectivity index (χ4v) is 3.52. The van der Waals surface area contributed by atoms with Gasteiger partial charge in [0.25, 0.3) is 5.91 Å². The van der Waals surface area contributed by atoms with Crippen LogP contribution in [0, 0.1) is 0 Å². The number of carbonyl (C=O) groups is 1. The second-order valence-electron chi connectivity index (χ2n) is 7.21. The van der Waals surface area contributed by atoms with Crippen molar-refractivity contribution >= 4 is 29.1 Å². The molecule has 1 aromatic carbocycles. The van der Waals surface area contributed by atoms with Crippen LogP contribution < -0.4 is 5.32 Å². The van der Waals surface area contributed by atoms with E-state index in [1.54, 1.807) is 6.07 Å². The van der Waals surface area contributed by atoms with Crippen molar-refractivity contribution in [3.05, 3.63) is 51.7 Å². The number of amides is 1. The van der Waals surface area contributed by atoms with Gasteiger partial charge in [-0.05, 0) is 44.4 Å². The van der Waals surface area contributed by atoms with Crippen molar-refractivity contribution in [2.24, 2.45) is 0 Å². The van der Waals surface area contributed by atoms with E-state index in [1.807, 2.05) is 12.1 Å². The van der Waals surface area contributed by atoms with Crippen molar-refractivity contribution < 1.29 is 13.9 Å². The zero-order valence-corrected chi connectivity index (χ0v) is 17.6. The van der Waals surface area contributed by atoms with Crippen LogP contribution in [-0.2, 0) is 17.8 Å². The average molecular weight is 426 g/mol. The number of nitrogens with zero attached hydrogens (tertiary/aromatic N) is 2. The summed E-state index contributed by atoms with van der Waals surface area (Å²) in [6.45, 7) is 6.52. The van der Waals surface area contributed by atoms with Crippen molar-refractivity contribution in [2.75, 3.05) is 13.2 Å². The van der Waals surface area contributed by atoms with E-state index < -0.39 is 0 Å². The van der Waals surface area contributed by atoms with Crippen LogP contribution in [-0.4, -0.2) is 41.1 Å². The van der Waals surface area contributed by atoms with Crippen molar-refractivity contribution in [1.29, 1.82) is 0 Å². The van der Waals surface area contributed by atoms with Gasteiger partial charge < -0.3 is 14.5 Å². The molecule has 1 aromatic heterocycles. The summed E-state index contributed by atoms with van der Waals surface area (Å²) >= 11 is 12.3. The van der Waals surface area contributed by atoms with Gasteiger partial charge in [-0.25, -0.2) is 4.98 Å². The normalized spacial score (nSPS) is 16.9. The summed E-state index contributed by atoms with van der Waals surface area (Å²) in [7, 11) is 0. The fourth-order valence-electron chi connectivity index (χ4n) is 3.05. The molecule has 1 unspecified atom stereocenters. The maximum absolute atomic E-state index is 12.3. The summed E-state index contributed by atoms with van der Waals surface area (Å²) in [5, 5.41) is 4.09. The minimum absolute atomic E-state index is 0.0934. The first-order valence-corrected chi connectivity index (χ1v) is 10.2. The number of oxazole rings is 1. The molecule has 1 N–H and O–H groups in total. The molecule has 0 aliphatic carbocycles. The van der Waals surface area contributed by atoms with Gasteiger partial charge in [0, 0.05) is 35.8 Å². The Morgan fingerprint density at radius 2 is 2.18 bits per heavy atom. The number of carbonyl (C=O) groups excluding carboxylic acids is 1. The van der Waals surface area contributed by atoms with E-state index in [9.17, 15) is 4.79 Å². The van der Waals surface area contributed by atoms with E-state index in [0.29, 0.717) is 35.6 Å². The highest BCUT2D eigenvalue weighted by molar-refractivity contribution is 6.35. The summed E-state index contributed by atoms with van der Waals surface area (Å²) in [5.74, 6) is 0.239. The fraction of sp³-hybridized carbons (Fsp3) is 0.500. The van der Waals surface area contributed by atoms with E-state index in [0.717, 1.165) is 25.0 Å². The van der Waals surface area contributed by atoms with Crippen LogP contribution in [0.4, 0.5) is 0 Å². The second kappa shape index (κ2) is 9.74. The third kappa shape index (κ3) is 5.70. The number of hydrogen-bond donors (Lipinski definition) is 1. The van der Waals surface area contributed by atoms with Crippen LogP contribution in [0.1, 0.15) is 48.6 Å². The topological polar surface area (TPSA) is 67.6 Å². The van der Waals surface area contributed by atoms with Gasteiger partial charge in [-0.3, -0.25) is 9.69 Å². The molecule has 3 rings (SSSR count). The lowest BCUT2D eigenvalue weighted by Gasteiger charge is -2.25. The first-order chi connectivity index (χ1) is 13.4. The Labute approximate surface area is 175 Å². The third-order valence-corrected chi connectivity index (χ3v) is 5.34. The van der Waals surface area contributed by atoms with Gasteiger partial charge >= 0.3 is 0 Å². The number of benzene rings is 1. The molecular formula is C20H25Cl2N3O3. The maximum atomic E-state index is 12.3. The monoisotopic (exact) mass is 425 g/mol. The van der Waals surface area contributed by atoms with Crippen LogP contribution in [0.3, 0.4) is 0 Å². The minimum Gasteiger partial charge on any atom is -0.447 e. The highest BCUT2D eigenvalue weighted by Gasteiger charge is 2.20. The lowest BCUT2D eigenvalue weighted by molar-refractivity contribution is 0.0853. The summed E-state index contributed by atoms with van der Waals surface area (Å²) in [6, 6.07) is 5.71. The molecule has 0 bridgehead atoms. The number of rotatable bonds is 8. The molecule has 1 amide bonds. The molecule has 1 atom stereocenters. The number of aromatic nitrogens is 1. The van der Waals surface area contributed by atoms with Gasteiger partial charge in [0.05, 0.1) is 12.6 Å². The molecule has 1 fully saturated rings. The molecule has 1 aliphatic heterocycles. The van der Waals surface area contributed by atoms with Gasteiger partial charge in [0.1, 0.15) is 6.26 Å². The summed E-state index contributed by atoms with van der Waals surface area (Å²) in [6.07, 6.45) is 3.50. The van der Waals surface area contributed by atoms with Gasteiger partial charge in [0.2, 0.25) is 5.89 Å². The lowest BCUT2D eigenvalue weighted by atomic mass is 10.2. The summed E-state index contributed by atoms with van der Waals surface area (Å²) < 4.78 is 11.0. The maximum Gasteiger partial charge on any atom is 0.273 e. The van der Waals surface area contributed by atoms with Crippen molar-refractivity contribution in [3.63, 3.8) is 0 Å². The minimum atomic E-state index is -0.248. The van der Waals surface area contributed by atoms with E-state index in [2.05, 4.69) is 29.0 Å². The third-order valence-electron chi connectivity index (χ3n) is 4.76.